The molecule has 0 rings (SSSR count). The Hall–Kier alpha value is 0.01000. The molecule has 0 heterocycles. The fourth-order valence-electron chi connectivity index (χ4n) is 0.902. The van der Waals surface area contributed by atoms with Gasteiger partial charge in [0.1, 0.15) is 0 Å². The summed E-state index contributed by atoms with van der Waals surface area (Å²) in [6, 6.07) is 0. The molecule has 1 unspecified atom stereocenters. The summed E-state index contributed by atoms with van der Waals surface area (Å²) in [4.78, 5) is 12.8. The summed E-state index contributed by atoms with van der Waals surface area (Å²) in [7, 11) is 3.27. The van der Waals surface area contributed by atoms with E-state index >= 15 is 0 Å². The van der Waals surface area contributed by atoms with E-state index in [1.54, 1.807) is 0 Å². The van der Waals surface area contributed by atoms with Crippen molar-refractivity contribution in [3.63, 3.8) is 0 Å². The molecule has 0 aliphatic carbocycles. The maximum atomic E-state index is 10.8. The Labute approximate surface area is 88.9 Å². The third-order valence-electron chi connectivity index (χ3n) is 1.59. The lowest BCUT2D eigenvalue weighted by Gasteiger charge is -2.17. The SMILES string of the molecule is COC(=O)CC(Cl)CN(C)CCCl. The van der Waals surface area contributed by atoms with Crippen molar-refractivity contribution < 1.29 is 9.53 Å². The maximum Gasteiger partial charge on any atom is 0.307 e. The van der Waals surface area contributed by atoms with E-state index in [1.807, 2.05) is 11.9 Å². The summed E-state index contributed by atoms with van der Waals surface area (Å²) < 4.78 is 4.49. The second-order valence-electron chi connectivity index (χ2n) is 2.83. The Bertz CT molecular complexity index is 155. The molecule has 1 atom stereocenters. The summed E-state index contributed by atoms with van der Waals surface area (Å²) in [5.74, 6) is 0.289. The number of alkyl halides is 2. The minimum Gasteiger partial charge on any atom is -0.469 e. The molecule has 0 aliphatic rings. The average molecular weight is 228 g/mol. The number of nitrogens with zero attached hydrogens (tertiary/aromatic N) is 1. The van der Waals surface area contributed by atoms with Crippen LogP contribution in [0.5, 0.6) is 0 Å². The van der Waals surface area contributed by atoms with E-state index in [1.165, 1.54) is 7.11 Å². The van der Waals surface area contributed by atoms with Gasteiger partial charge in [-0.3, -0.25) is 4.79 Å². The number of carbonyl (C=O) groups is 1. The third kappa shape index (κ3) is 7.11. The van der Waals surface area contributed by atoms with Gasteiger partial charge < -0.3 is 9.64 Å². The van der Waals surface area contributed by atoms with E-state index in [0.717, 1.165) is 6.54 Å². The van der Waals surface area contributed by atoms with Gasteiger partial charge in [-0.25, -0.2) is 0 Å². The number of rotatable bonds is 6. The summed E-state index contributed by atoms with van der Waals surface area (Å²) in [5, 5.41) is -0.208. The molecule has 5 heteroatoms. The van der Waals surface area contributed by atoms with Crippen molar-refractivity contribution in [1.29, 1.82) is 0 Å². The predicted octanol–water partition coefficient (Wildman–Crippen LogP) is 1.33. The Morgan fingerprint density at radius 1 is 1.62 bits per heavy atom. The van der Waals surface area contributed by atoms with E-state index < -0.39 is 0 Å². The van der Waals surface area contributed by atoms with Gasteiger partial charge in [0.05, 0.1) is 18.9 Å². The summed E-state index contributed by atoms with van der Waals surface area (Å²) >= 11 is 11.4. The topological polar surface area (TPSA) is 29.5 Å². The molecule has 0 bridgehead atoms. The molecule has 0 saturated heterocycles. The first-order chi connectivity index (χ1) is 6.10. The number of hydrogen-bond acceptors (Lipinski definition) is 3. The van der Waals surface area contributed by atoms with Crippen molar-refractivity contribution in [3.8, 4) is 0 Å². The Morgan fingerprint density at radius 2 is 2.23 bits per heavy atom. The zero-order chi connectivity index (χ0) is 10.3. The van der Waals surface area contributed by atoms with E-state index in [4.69, 9.17) is 23.2 Å². The van der Waals surface area contributed by atoms with Crippen LogP contribution >= 0.6 is 23.2 Å². The quantitative estimate of drug-likeness (QED) is 0.507. The van der Waals surface area contributed by atoms with Crippen LogP contribution in [0.1, 0.15) is 6.42 Å². The van der Waals surface area contributed by atoms with Crippen LogP contribution in [0.3, 0.4) is 0 Å². The van der Waals surface area contributed by atoms with Gasteiger partial charge in [-0.05, 0) is 7.05 Å². The van der Waals surface area contributed by atoms with Crippen LogP contribution in [0.2, 0.25) is 0 Å². The minimum absolute atomic E-state index is 0.208. The summed E-state index contributed by atoms with van der Waals surface area (Å²) in [6.07, 6.45) is 0.241. The lowest BCUT2D eigenvalue weighted by molar-refractivity contribution is -0.140. The van der Waals surface area contributed by atoms with Gasteiger partial charge in [-0.15, -0.1) is 23.2 Å². The zero-order valence-electron chi connectivity index (χ0n) is 7.93. The van der Waals surface area contributed by atoms with E-state index in [0.29, 0.717) is 12.4 Å². The molecule has 0 fully saturated rings. The van der Waals surface area contributed by atoms with Gasteiger partial charge in [-0.1, -0.05) is 0 Å². The third-order valence-corrected chi connectivity index (χ3v) is 2.05. The van der Waals surface area contributed by atoms with Crippen LogP contribution in [-0.2, 0) is 9.53 Å². The molecule has 0 aromatic carbocycles. The highest BCUT2D eigenvalue weighted by molar-refractivity contribution is 6.21. The molecule has 78 valence electrons. The van der Waals surface area contributed by atoms with E-state index in [9.17, 15) is 4.79 Å². The van der Waals surface area contributed by atoms with Crippen LogP contribution in [0.15, 0.2) is 0 Å². The van der Waals surface area contributed by atoms with Crippen molar-refractivity contribution in [2.24, 2.45) is 0 Å². The lowest BCUT2D eigenvalue weighted by Crippen LogP contribution is -2.29. The Kier molecular flexibility index (Phi) is 7.42. The maximum absolute atomic E-state index is 10.8. The molecular formula is C8H15Cl2NO2. The van der Waals surface area contributed by atoms with Gasteiger partial charge in [0.25, 0.3) is 0 Å². The molecule has 0 spiro atoms. The first-order valence-electron chi connectivity index (χ1n) is 4.05. The highest BCUT2D eigenvalue weighted by Crippen LogP contribution is 2.05. The van der Waals surface area contributed by atoms with Crippen molar-refractivity contribution in [2.75, 3.05) is 33.1 Å². The molecule has 0 amide bonds. The fourth-order valence-corrected chi connectivity index (χ4v) is 1.55. The average Bonchev–Trinajstić information content (AvgIpc) is 2.04. The predicted molar refractivity (Wildman–Crippen MR) is 54.5 cm³/mol. The van der Waals surface area contributed by atoms with Crippen LogP contribution in [0.4, 0.5) is 0 Å². The van der Waals surface area contributed by atoms with E-state index in [-0.39, 0.29) is 17.8 Å². The number of halogens is 2. The highest BCUT2D eigenvalue weighted by atomic mass is 35.5. The first-order valence-corrected chi connectivity index (χ1v) is 5.02. The van der Waals surface area contributed by atoms with Gasteiger partial charge in [0.2, 0.25) is 0 Å². The largest absolute Gasteiger partial charge is 0.469 e. The van der Waals surface area contributed by atoms with Crippen molar-refractivity contribution >= 4 is 29.2 Å². The molecule has 0 saturated carbocycles. The zero-order valence-corrected chi connectivity index (χ0v) is 9.44. The lowest BCUT2D eigenvalue weighted by atomic mass is 10.3. The second-order valence-corrected chi connectivity index (χ2v) is 3.82. The number of carbonyl (C=O) groups excluding carboxylic acids is 1. The Balaban J connectivity index is 3.60. The molecule has 0 radical (unpaired) electrons. The molecule has 0 aromatic rings. The normalized spacial score (nSPS) is 13.0. The standard InChI is InChI=1S/C8H15Cl2NO2/c1-11(4-3-9)6-7(10)5-8(12)13-2/h7H,3-6H2,1-2H3. The highest BCUT2D eigenvalue weighted by Gasteiger charge is 2.12. The van der Waals surface area contributed by atoms with E-state index in [2.05, 4.69) is 4.74 Å². The smallest absolute Gasteiger partial charge is 0.307 e. The number of methoxy groups -OCH3 is 1. The number of ether oxygens (including phenoxy) is 1. The van der Waals surface area contributed by atoms with Crippen molar-refractivity contribution in [2.45, 2.75) is 11.8 Å². The van der Waals surface area contributed by atoms with Gasteiger partial charge in [0, 0.05) is 19.0 Å². The van der Waals surface area contributed by atoms with Gasteiger partial charge in [0.15, 0.2) is 0 Å². The molecule has 13 heavy (non-hydrogen) atoms. The second kappa shape index (κ2) is 7.42. The van der Waals surface area contributed by atoms with Crippen LogP contribution in [0.25, 0.3) is 0 Å². The number of esters is 1. The minimum atomic E-state index is -0.278. The molecule has 0 aliphatic heterocycles. The molecule has 0 aromatic heterocycles. The molecule has 0 N–H and O–H groups in total. The Morgan fingerprint density at radius 3 is 2.69 bits per heavy atom. The van der Waals surface area contributed by atoms with Gasteiger partial charge in [-0.2, -0.15) is 0 Å². The van der Waals surface area contributed by atoms with Crippen molar-refractivity contribution in [1.82, 2.24) is 4.90 Å². The number of hydrogen-bond donors (Lipinski definition) is 0. The van der Waals surface area contributed by atoms with Crippen LogP contribution < -0.4 is 0 Å². The summed E-state index contributed by atoms with van der Waals surface area (Å²) in [6.45, 7) is 1.41. The summed E-state index contributed by atoms with van der Waals surface area (Å²) in [5.41, 5.74) is 0. The van der Waals surface area contributed by atoms with Gasteiger partial charge >= 0.3 is 5.97 Å². The van der Waals surface area contributed by atoms with Crippen LogP contribution in [0, 0.1) is 0 Å². The van der Waals surface area contributed by atoms with Crippen molar-refractivity contribution in [3.05, 3.63) is 0 Å². The fraction of sp³-hybridized carbons (Fsp3) is 0.875. The van der Waals surface area contributed by atoms with Crippen LogP contribution in [-0.4, -0.2) is 49.4 Å². The molecule has 3 nitrogen and oxygen atoms in total. The monoisotopic (exact) mass is 227 g/mol. The first kappa shape index (κ1) is 13.0. The molecular weight excluding hydrogens is 213 g/mol.